The summed E-state index contributed by atoms with van der Waals surface area (Å²) in [5.41, 5.74) is 1.78. The van der Waals surface area contributed by atoms with Gasteiger partial charge in [-0.3, -0.25) is 0 Å². The Morgan fingerprint density at radius 2 is 2.11 bits per heavy atom. The summed E-state index contributed by atoms with van der Waals surface area (Å²) in [5.74, 6) is 0.995. The highest BCUT2D eigenvalue weighted by atomic mass is 15.1. The molecule has 2 aromatic rings. The first-order chi connectivity index (χ1) is 8.94. The zero-order valence-corrected chi connectivity index (χ0v) is 11.9. The molecule has 0 aliphatic heterocycles. The third kappa shape index (κ3) is 2.77. The lowest BCUT2D eigenvalue weighted by Crippen LogP contribution is -2.31. The number of rotatable bonds is 4. The fourth-order valence-corrected chi connectivity index (χ4v) is 2.09. The van der Waals surface area contributed by atoms with Crippen molar-refractivity contribution in [3.8, 4) is 6.07 Å². The van der Waals surface area contributed by atoms with E-state index in [-0.39, 0.29) is 11.5 Å². The Labute approximate surface area is 114 Å². The number of fused-ring (bicyclic) bond motifs is 1. The fraction of sp³-hybridized carbons (Fsp3) is 0.467. The Hall–Kier alpha value is -1.86. The van der Waals surface area contributed by atoms with Gasteiger partial charge in [-0.1, -0.05) is 12.1 Å². The van der Waals surface area contributed by atoms with Crippen molar-refractivity contribution in [3.63, 3.8) is 0 Å². The van der Waals surface area contributed by atoms with E-state index in [1.54, 1.807) is 0 Å². The fourth-order valence-electron chi connectivity index (χ4n) is 2.09. The van der Waals surface area contributed by atoms with E-state index in [4.69, 9.17) is 5.26 Å². The normalized spacial score (nSPS) is 13.4. The monoisotopic (exact) mass is 256 g/mol. The predicted octanol–water partition coefficient (Wildman–Crippen LogP) is 2.77. The largest absolute Gasteiger partial charge is 0.330 e. The number of aromatic nitrogens is 2. The molecule has 4 nitrogen and oxygen atoms in total. The zero-order chi connectivity index (χ0) is 14.0. The Balaban J connectivity index is 2.20. The average molecular weight is 256 g/mol. The van der Waals surface area contributed by atoms with E-state index in [9.17, 15) is 0 Å². The minimum Gasteiger partial charge on any atom is -0.330 e. The third-order valence-electron chi connectivity index (χ3n) is 3.36. The number of para-hydroxylation sites is 2. The second-order valence-electron chi connectivity index (χ2n) is 5.62. The van der Waals surface area contributed by atoms with E-state index in [2.05, 4.69) is 33.9 Å². The van der Waals surface area contributed by atoms with Crippen LogP contribution in [0.2, 0.25) is 0 Å². The minimum atomic E-state index is -0.362. The molecule has 4 heteroatoms. The summed E-state index contributed by atoms with van der Waals surface area (Å²) in [4.78, 5) is 4.66. The molecule has 0 saturated carbocycles. The average Bonchev–Trinajstić information content (AvgIpc) is 2.74. The third-order valence-corrected chi connectivity index (χ3v) is 3.36. The molecule has 1 unspecified atom stereocenters. The first kappa shape index (κ1) is 13.6. The molecular weight excluding hydrogens is 236 g/mol. The molecule has 0 radical (unpaired) electrons. The first-order valence-corrected chi connectivity index (χ1v) is 6.50. The summed E-state index contributed by atoms with van der Waals surface area (Å²) < 4.78 is 2.10. The number of nitrogens with one attached hydrogen (secondary N) is 1. The highest BCUT2D eigenvalue weighted by Crippen LogP contribution is 2.20. The topological polar surface area (TPSA) is 53.6 Å². The van der Waals surface area contributed by atoms with Gasteiger partial charge < -0.3 is 9.88 Å². The van der Waals surface area contributed by atoms with E-state index < -0.39 is 0 Å². The molecule has 1 N–H and O–H groups in total. The standard InChI is InChI=1S/C15H20N4/c1-11(17-10-15(2,3)9-16)14-18-12-7-5-6-8-13(12)19(14)4/h5-8,11,17H,10H2,1-4H3. The van der Waals surface area contributed by atoms with Crippen LogP contribution < -0.4 is 5.32 Å². The van der Waals surface area contributed by atoms with Gasteiger partial charge in [-0.2, -0.15) is 5.26 Å². The van der Waals surface area contributed by atoms with Crippen molar-refractivity contribution in [2.24, 2.45) is 12.5 Å². The van der Waals surface area contributed by atoms with Crippen molar-refractivity contribution in [3.05, 3.63) is 30.1 Å². The molecule has 0 fully saturated rings. The second-order valence-corrected chi connectivity index (χ2v) is 5.62. The Morgan fingerprint density at radius 1 is 1.42 bits per heavy atom. The number of imidazole rings is 1. The van der Waals surface area contributed by atoms with Crippen LogP contribution in [0.5, 0.6) is 0 Å². The van der Waals surface area contributed by atoms with Gasteiger partial charge in [0.05, 0.1) is 28.6 Å². The van der Waals surface area contributed by atoms with Crippen LogP contribution in [0.3, 0.4) is 0 Å². The summed E-state index contributed by atoms with van der Waals surface area (Å²) in [6.07, 6.45) is 0. The molecule has 0 aliphatic rings. The van der Waals surface area contributed by atoms with Crippen molar-refractivity contribution in [2.75, 3.05) is 6.54 Å². The maximum atomic E-state index is 9.04. The second kappa shape index (κ2) is 5.02. The molecule has 0 aliphatic carbocycles. The zero-order valence-electron chi connectivity index (χ0n) is 11.9. The van der Waals surface area contributed by atoms with Gasteiger partial charge in [0.25, 0.3) is 0 Å². The highest BCUT2D eigenvalue weighted by molar-refractivity contribution is 5.75. The number of hydrogen-bond acceptors (Lipinski definition) is 3. The van der Waals surface area contributed by atoms with Gasteiger partial charge in [0.15, 0.2) is 0 Å². The Morgan fingerprint density at radius 3 is 2.74 bits per heavy atom. The highest BCUT2D eigenvalue weighted by Gasteiger charge is 2.20. The molecule has 1 aromatic heterocycles. The van der Waals surface area contributed by atoms with Gasteiger partial charge in [0.1, 0.15) is 5.82 Å². The van der Waals surface area contributed by atoms with Crippen LogP contribution in [0.15, 0.2) is 24.3 Å². The molecule has 2 rings (SSSR count). The number of benzene rings is 1. The van der Waals surface area contributed by atoms with Gasteiger partial charge in [-0.05, 0) is 32.9 Å². The van der Waals surface area contributed by atoms with Gasteiger partial charge in [0.2, 0.25) is 0 Å². The van der Waals surface area contributed by atoms with Crippen molar-refractivity contribution in [2.45, 2.75) is 26.8 Å². The molecule has 0 saturated heterocycles. The molecule has 0 bridgehead atoms. The lowest BCUT2D eigenvalue weighted by Gasteiger charge is -2.20. The maximum absolute atomic E-state index is 9.04. The SMILES string of the molecule is CC(NCC(C)(C)C#N)c1nc2ccccc2n1C. The summed E-state index contributed by atoms with van der Waals surface area (Å²) in [6.45, 7) is 6.59. The van der Waals surface area contributed by atoms with E-state index in [1.807, 2.05) is 39.1 Å². The van der Waals surface area contributed by atoms with E-state index >= 15 is 0 Å². The van der Waals surface area contributed by atoms with Crippen LogP contribution in [-0.4, -0.2) is 16.1 Å². The van der Waals surface area contributed by atoms with Gasteiger partial charge in [0, 0.05) is 13.6 Å². The Bertz CT molecular complexity index is 619. The van der Waals surface area contributed by atoms with Gasteiger partial charge >= 0.3 is 0 Å². The Kier molecular flexibility index (Phi) is 3.59. The van der Waals surface area contributed by atoms with Crippen LogP contribution in [0, 0.1) is 16.7 Å². The van der Waals surface area contributed by atoms with Gasteiger partial charge in [-0.25, -0.2) is 4.98 Å². The smallest absolute Gasteiger partial charge is 0.126 e. The predicted molar refractivity (Wildman–Crippen MR) is 76.5 cm³/mol. The maximum Gasteiger partial charge on any atom is 0.126 e. The number of nitriles is 1. The van der Waals surface area contributed by atoms with Crippen LogP contribution in [0.25, 0.3) is 11.0 Å². The van der Waals surface area contributed by atoms with E-state index in [1.165, 1.54) is 0 Å². The molecular formula is C15H20N4. The number of aryl methyl sites for hydroxylation is 1. The number of hydrogen-bond donors (Lipinski definition) is 1. The molecule has 1 heterocycles. The van der Waals surface area contributed by atoms with Crippen LogP contribution >= 0.6 is 0 Å². The minimum absolute atomic E-state index is 0.116. The lowest BCUT2D eigenvalue weighted by atomic mass is 9.96. The van der Waals surface area contributed by atoms with Gasteiger partial charge in [-0.15, -0.1) is 0 Å². The van der Waals surface area contributed by atoms with E-state index in [0.29, 0.717) is 6.54 Å². The summed E-state index contributed by atoms with van der Waals surface area (Å²) in [6, 6.07) is 10.5. The molecule has 1 aromatic carbocycles. The van der Waals surface area contributed by atoms with Crippen LogP contribution in [-0.2, 0) is 7.05 Å². The molecule has 1 atom stereocenters. The summed E-state index contributed by atoms with van der Waals surface area (Å²) >= 11 is 0. The first-order valence-electron chi connectivity index (χ1n) is 6.50. The number of nitrogens with zero attached hydrogens (tertiary/aromatic N) is 3. The molecule has 19 heavy (non-hydrogen) atoms. The van der Waals surface area contributed by atoms with Crippen LogP contribution in [0.4, 0.5) is 0 Å². The van der Waals surface area contributed by atoms with Crippen molar-refractivity contribution in [1.29, 1.82) is 5.26 Å². The van der Waals surface area contributed by atoms with E-state index in [0.717, 1.165) is 16.9 Å². The quantitative estimate of drug-likeness (QED) is 0.915. The molecule has 100 valence electrons. The summed E-state index contributed by atoms with van der Waals surface area (Å²) in [7, 11) is 2.03. The van der Waals surface area contributed by atoms with Crippen molar-refractivity contribution < 1.29 is 0 Å². The molecule has 0 spiro atoms. The van der Waals surface area contributed by atoms with Crippen molar-refractivity contribution >= 4 is 11.0 Å². The van der Waals surface area contributed by atoms with Crippen LogP contribution in [0.1, 0.15) is 32.6 Å². The summed E-state index contributed by atoms with van der Waals surface area (Å²) in [5, 5.41) is 12.4. The van der Waals surface area contributed by atoms with Crippen molar-refractivity contribution in [1.82, 2.24) is 14.9 Å². The lowest BCUT2D eigenvalue weighted by molar-refractivity contribution is 0.405. The molecule has 0 amide bonds.